The van der Waals surface area contributed by atoms with E-state index in [2.05, 4.69) is 0 Å². The number of para-hydroxylation sites is 2. The molecule has 0 aromatic heterocycles. The minimum atomic E-state index is -0.951. The fourth-order valence-corrected chi connectivity index (χ4v) is 2.26. The molecule has 0 aliphatic carbocycles. The number of carboxylic acids is 1. The average Bonchev–Trinajstić information content (AvgIpc) is 2.87. The van der Waals surface area contributed by atoms with Gasteiger partial charge in [-0.1, -0.05) is 12.1 Å². The van der Waals surface area contributed by atoms with Crippen molar-refractivity contribution in [1.29, 1.82) is 0 Å². The van der Waals surface area contributed by atoms with Crippen LogP contribution in [0.4, 0.5) is 11.4 Å². The smallest absolute Gasteiger partial charge is 0.311 e. The number of carbonyl (C=O) groups is 1. The highest BCUT2D eigenvalue weighted by molar-refractivity contribution is 5.73. The Morgan fingerprint density at radius 2 is 2.16 bits per heavy atom. The van der Waals surface area contributed by atoms with Crippen molar-refractivity contribution in [3.63, 3.8) is 0 Å². The lowest BCUT2D eigenvalue weighted by Crippen LogP contribution is -2.41. The van der Waals surface area contributed by atoms with Crippen LogP contribution in [0, 0.1) is 16.0 Å². The van der Waals surface area contributed by atoms with Crippen molar-refractivity contribution in [2.75, 3.05) is 25.2 Å². The van der Waals surface area contributed by atoms with E-state index < -0.39 is 22.9 Å². The van der Waals surface area contributed by atoms with Crippen molar-refractivity contribution in [2.45, 2.75) is 6.04 Å². The molecule has 0 spiro atoms. The molecular formula is C12H14N2O5. The molecular weight excluding hydrogens is 252 g/mol. The number of benzene rings is 1. The topological polar surface area (TPSA) is 92.9 Å². The van der Waals surface area contributed by atoms with E-state index in [0.717, 1.165) is 0 Å². The Morgan fingerprint density at radius 1 is 1.47 bits per heavy atom. The van der Waals surface area contributed by atoms with Crippen molar-refractivity contribution in [3.05, 3.63) is 34.4 Å². The number of aliphatic carboxylic acids is 1. The van der Waals surface area contributed by atoms with Gasteiger partial charge in [-0.15, -0.1) is 0 Å². The van der Waals surface area contributed by atoms with Crippen LogP contribution in [-0.2, 0) is 9.53 Å². The number of ether oxygens (including phenoxy) is 1. The van der Waals surface area contributed by atoms with Crippen LogP contribution in [0.3, 0.4) is 0 Å². The standard InChI is InChI=1S/C12H14N2O5/c1-13(11-7-19-6-8(11)12(15)16)9-4-2-3-5-10(9)14(17)18/h2-5,8,11H,6-7H2,1H3,(H,15,16). The second-order valence-electron chi connectivity index (χ2n) is 4.41. The summed E-state index contributed by atoms with van der Waals surface area (Å²) in [6, 6.07) is 5.87. The molecule has 7 nitrogen and oxygen atoms in total. The first-order valence-electron chi connectivity index (χ1n) is 5.79. The van der Waals surface area contributed by atoms with Gasteiger partial charge >= 0.3 is 5.97 Å². The third-order valence-corrected chi connectivity index (χ3v) is 3.32. The van der Waals surface area contributed by atoms with Crippen LogP contribution in [-0.4, -0.2) is 42.3 Å². The maximum absolute atomic E-state index is 11.1. The summed E-state index contributed by atoms with van der Waals surface area (Å²) < 4.78 is 5.18. The monoisotopic (exact) mass is 266 g/mol. The van der Waals surface area contributed by atoms with Gasteiger partial charge in [-0.05, 0) is 6.07 Å². The number of likely N-dealkylation sites (N-methyl/N-ethyl adjacent to an activating group) is 1. The Kier molecular flexibility index (Phi) is 3.66. The summed E-state index contributed by atoms with van der Waals surface area (Å²) in [5.41, 5.74) is 0.357. The zero-order valence-electron chi connectivity index (χ0n) is 10.4. The minimum absolute atomic E-state index is 0.0407. The molecule has 2 atom stereocenters. The van der Waals surface area contributed by atoms with Crippen LogP contribution in [0.5, 0.6) is 0 Å². The number of anilines is 1. The number of carboxylic acid groups (broad SMARTS) is 1. The van der Waals surface area contributed by atoms with E-state index in [1.54, 1.807) is 30.1 Å². The predicted molar refractivity (Wildman–Crippen MR) is 67.2 cm³/mol. The molecule has 0 amide bonds. The molecule has 7 heteroatoms. The lowest BCUT2D eigenvalue weighted by molar-refractivity contribution is -0.384. The molecule has 19 heavy (non-hydrogen) atoms. The Labute approximate surface area is 109 Å². The van der Waals surface area contributed by atoms with Crippen molar-refractivity contribution < 1.29 is 19.6 Å². The molecule has 2 rings (SSSR count). The van der Waals surface area contributed by atoms with Gasteiger partial charge in [0.15, 0.2) is 0 Å². The van der Waals surface area contributed by atoms with E-state index in [4.69, 9.17) is 9.84 Å². The summed E-state index contributed by atoms with van der Waals surface area (Å²) >= 11 is 0. The van der Waals surface area contributed by atoms with Crippen LogP contribution in [0.25, 0.3) is 0 Å². The SMILES string of the molecule is CN(c1ccccc1[N+](=O)[O-])C1COCC1C(=O)O. The number of rotatable bonds is 4. The number of nitrogens with zero attached hydrogens (tertiary/aromatic N) is 2. The van der Waals surface area contributed by atoms with Crippen LogP contribution in [0.1, 0.15) is 0 Å². The van der Waals surface area contributed by atoms with Crippen LogP contribution in [0.2, 0.25) is 0 Å². The van der Waals surface area contributed by atoms with Gasteiger partial charge in [-0.25, -0.2) is 0 Å². The Hall–Kier alpha value is -2.15. The molecule has 0 bridgehead atoms. The first-order chi connectivity index (χ1) is 9.02. The van der Waals surface area contributed by atoms with E-state index in [1.165, 1.54) is 6.07 Å². The molecule has 0 radical (unpaired) electrons. The minimum Gasteiger partial charge on any atom is -0.481 e. The summed E-state index contributed by atoms with van der Waals surface area (Å²) in [6.45, 7) is 0.379. The van der Waals surface area contributed by atoms with Crippen molar-refractivity contribution in [2.24, 2.45) is 5.92 Å². The second kappa shape index (κ2) is 5.23. The Morgan fingerprint density at radius 3 is 2.79 bits per heavy atom. The molecule has 1 fully saturated rings. The first kappa shape index (κ1) is 13.3. The number of hydrogen-bond acceptors (Lipinski definition) is 5. The van der Waals surface area contributed by atoms with Gasteiger partial charge in [0.1, 0.15) is 11.6 Å². The number of nitro benzene ring substituents is 1. The third kappa shape index (κ3) is 2.50. The molecule has 1 saturated heterocycles. The molecule has 1 N–H and O–H groups in total. The fourth-order valence-electron chi connectivity index (χ4n) is 2.26. The van der Waals surface area contributed by atoms with Crippen LogP contribution >= 0.6 is 0 Å². The summed E-state index contributed by atoms with van der Waals surface area (Å²) in [6.07, 6.45) is 0. The third-order valence-electron chi connectivity index (χ3n) is 3.32. The number of hydrogen-bond donors (Lipinski definition) is 1. The van der Waals surface area contributed by atoms with E-state index in [9.17, 15) is 14.9 Å². The maximum Gasteiger partial charge on any atom is 0.311 e. The summed E-state index contributed by atoms with van der Waals surface area (Å²) in [5, 5.41) is 20.1. The quantitative estimate of drug-likeness (QED) is 0.648. The van der Waals surface area contributed by atoms with E-state index in [1.807, 2.05) is 0 Å². The zero-order valence-corrected chi connectivity index (χ0v) is 10.4. The van der Waals surface area contributed by atoms with Gasteiger partial charge in [0, 0.05) is 13.1 Å². The van der Waals surface area contributed by atoms with E-state index in [-0.39, 0.29) is 18.9 Å². The van der Waals surface area contributed by atoms with Crippen LogP contribution < -0.4 is 4.90 Å². The van der Waals surface area contributed by atoms with Crippen molar-refractivity contribution in [1.82, 2.24) is 0 Å². The second-order valence-corrected chi connectivity index (χ2v) is 4.41. The number of nitro groups is 1. The molecule has 102 valence electrons. The summed E-state index contributed by atoms with van der Waals surface area (Å²) in [7, 11) is 1.65. The molecule has 1 heterocycles. The largest absolute Gasteiger partial charge is 0.481 e. The van der Waals surface area contributed by atoms with E-state index in [0.29, 0.717) is 5.69 Å². The molecule has 1 aromatic rings. The highest BCUT2D eigenvalue weighted by Crippen LogP contribution is 2.31. The van der Waals surface area contributed by atoms with Crippen molar-refractivity contribution >= 4 is 17.3 Å². The first-order valence-corrected chi connectivity index (χ1v) is 5.79. The highest BCUT2D eigenvalue weighted by Gasteiger charge is 2.38. The van der Waals surface area contributed by atoms with E-state index >= 15 is 0 Å². The van der Waals surface area contributed by atoms with Gasteiger partial charge in [-0.2, -0.15) is 0 Å². The normalized spacial score (nSPS) is 22.2. The molecule has 1 aromatic carbocycles. The van der Waals surface area contributed by atoms with Gasteiger partial charge in [-0.3, -0.25) is 14.9 Å². The fraction of sp³-hybridized carbons (Fsp3) is 0.417. The average molecular weight is 266 g/mol. The Bertz CT molecular complexity index is 505. The van der Waals surface area contributed by atoms with Crippen LogP contribution in [0.15, 0.2) is 24.3 Å². The van der Waals surface area contributed by atoms with Gasteiger partial charge in [0.2, 0.25) is 0 Å². The lowest BCUT2D eigenvalue weighted by Gasteiger charge is -2.27. The Balaban J connectivity index is 2.31. The molecule has 1 aliphatic rings. The van der Waals surface area contributed by atoms with Crippen molar-refractivity contribution in [3.8, 4) is 0 Å². The lowest BCUT2D eigenvalue weighted by atomic mass is 10.0. The zero-order chi connectivity index (χ0) is 14.0. The van der Waals surface area contributed by atoms with Gasteiger partial charge in [0.05, 0.1) is 24.2 Å². The summed E-state index contributed by atoms with van der Waals surface area (Å²) in [5.74, 6) is -1.63. The maximum atomic E-state index is 11.1. The predicted octanol–water partition coefficient (Wildman–Crippen LogP) is 1.13. The summed E-state index contributed by atoms with van der Waals surface area (Å²) in [4.78, 5) is 23.3. The van der Waals surface area contributed by atoms with Gasteiger partial charge < -0.3 is 14.7 Å². The molecule has 2 unspecified atom stereocenters. The molecule has 0 saturated carbocycles. The molecule has 1 aliphatic heterocycles. The highest BCUT2D eigenvalue weighted by atomic mass is 16.6. The van der Waals surface area contributed by atoms with Gasteiger partial charge in [0.25, 0.3) is 5.69 Å².